The van der Waals surface area contributed by atoms with E-state index in [-0.39, 0.29) is 6.61 Å². The molecular formula is C17H21N5O. The maximum Gasteiger partial charge on any atom is 0.129 e. The highest BCUT2D eigenvalue weighted by molar-refractivity contribution is 5.75. The molecule has 2 heterocycles. The number of rotatable bonds is 6. The van der Waals surface area contributed by atoms with Crippen LogP contribution in [0.4, 0.5) is 11.5 Å². The number of benzene rings is 1. The molecule has 3 aromatic rings. The Hall–Kier alpha value is -2.60. The van der Waals surface area contributed by atoms with Crippen molar-refractivity contribution in [2.24, 2.45) is 7.05 Å². The summed E-state index contributed by atoms with van der Waals surface area (Å²) in [4.78, 5) is 11.0. The van der Waals surface area contributed by atoms with E-state index in [1.807, 2.05) is 49.3 Å². The quantitative estimate of drug-likeness (QED) is 0.729. The van der Waals surface area contributed by atoms with E-state index in [1.54, 1.807) is 6.20 Å². The first-order valence-corrected chi connectivity index (χ1v) is 7.61. The number of hydrogen-bond donors (Lipinski definition) is 2. The van der Waals surface area contributed by atoms with Crippen molar-refractivity contribution < 1.29 is 5.11 Å². The molecule has 2 aromatic heterocycles. The van der Waals surface area contributed by atoms with Crippen LogP contribution in [0, 0.1) is 0 Å². The number of nitrogens with zero attached hydrogens (tertiary/aromatic N) is 4. The van der Waals surface area contributed by atoms with Crippen molar-refractivity contribution in [1.82, 2.24) is 14.5 Å². The summed E-state index contributed by atoms with van der Waals surface area (Å²) in [5.74, 6) is 1.77. The lowest BCUT2D eigenvalue weighted by Crippen LogP contribution is -2.21. The summed E-state index contributed by atoms with van der Waals surface area (Å²) in [7, 11) is 3.95. The van der Waals surface area contributed by atoms with Gasteiger partial charge in [-0.15, -0.1) is 0 Å². The Kier molecular flexibility index (Phi) is 4.43. The largest absolute Gasteiger partial charge is 0.395 e. The standard InChI is InChI=1S/C17H21N5O/c1-21(9-10-23)13-7-8-16(18-11-13)19-12-17-20-14-5-3-4-6-15(14)22(17)2/h3-8,11,23H,9-10,12H2,1-2H3,(H,18,19). The van der Waals surface area contributed by atoms with E-state index in [0.29, 0.717) is 13.1 Å². The number of likely N-dealkylation sites (N-methyl/N-ethyl adjacent to an activating group) is 1. The van der Waals surface area contributed by atoms with Crippen molar-refractivity contribution in [2.45, 2.75) is 6.54 Å². The van der Waals surface area contributed by atoms with Gasteiger partial charge < -0.3 is 19.9 Å². The fourth-order valence-corrected chi connectivity index (χ4v) is 2.52. The van der Waals surface area contributed by atoms with Gasteiger partial charge in [0.2, 0.25) is 0 Å². The van der Waals surface area contributed by atoms with Crippen molar-refractivity contribution >= 4 is 22.5 Å². The summed E-state index contributed by atoms with van der Waals surface area (Å²) in [5, 5.41) is 12.3. The molecule has 0 amide bonds. The van der Waals surface area contributed by atoms with Crippen molar-refractivity contribution in [1.29, 1.82) is 0 Å². The number of para-hydroxylation sites is 2. The second-order valence-electron chi connectivity index (χ2n) is 5.48. The minimum absolute atomic E-state index is 0.128. The van der Waals surface area contributed by atoms with Gasteiger partial charge >= 0.3 is 0 Å². The van der Waals surface area contributed by atoms with Gasteiger partial charge in [-0.05, 0) is 24.3 Å². The highest BCUT2D eigenvalue weighted by Crippen LogP contribution is 2.16. The predicted molar refractivity (Wildman–Crippen MR) is 92.6 cm³/mol. The summed E-state index contributed by atoms with van der Waals surface area (Å²) < 4.78 is 2.09. The van der Waals surface area contributed by atoms with Crippen LogP contribution in [0.1, 0.15) is 5.82 Å². The number of pyridine rings is 1. The number of hydrogen-bond acceptors (Lipinski definition) is 5. The van der Waals surface area contributed by atoms with E-state index in [0.717, 1.165) is 28.4 Å². The molecule has 0 spiro atoms. The Morgan fingerprint density at radius 2 is 2.04 bits per heavy atom. The van der Waals surface area contributed by atoms with Gasteiger partial charge in [-0.3, -0.25) is 0 Å². The molecule has 0 aliphatic rings. The molecule has 2 N–H and O–H groups in total. The lowest BCUT2D eigenvalue weighted by atomic mass is 10.3. The normalized spacial score (nSPS) is 10.9. The molecule has 0 saturated carbocycles. The second kappa shape index (κ2) is 6.66. The zero-order chi connectivity index (χ0) is 16.2. The van der Waals surface area contributed by atoms with Crippen LogP contribution in [0.25, 0.3) is 11.0 Å². The monoisotopic (exact) mass is 311 g/mol. The van der Waals surface area contributed by atoms with Crippen molar-refractivity contribution in [3.63, 3.8) is 0 Å². The van der Waals surface area contributed by atoms with Gasteiger partial charge in [0.05, 0.1) is 36.1 Å². The van der Waals surface area contributed by atoms with E-state index >= 15 is 0 Å². The van der Waals surface area contributed by atoms with Crippen LogP contribution in [0.5, 0.6) is 0 Å². The molecule has 0 bridgehead atoms. The van der Waals surface area contributed by atoms with Crippen LogP contribution >= 0.6 is 0 Å². The smallest absolute Gasteiger partial charge is 0.129 e. The first-order valence-electron chi connectivity index (χ1n) is 7.61. The number of aryl methyl sites for hydroxylation is 1. The number of fused-ring (bicyclic) bond motifs is 1. The SMILES string of the molecule is CN(CCO)c1ccc(NCc2nc3ccccc3n2C)nc1. The van der Waals surface area contributed by atoms with E-state index in [1.165, 1.54) is 0 Å². The number of aliphatic hydroxyl groups is 1. The van der Waals surface area contributed by atoms with Gasteiger partial charge in [0.1, 0.15) is 11.6 Å². The van der Waals surface area contributed by atoms with E-state index < -0.39 is 0 Å². The Bertz CT molecular complexity index is 781. The first-order chi connectivity index (χ1) is 11.2. The summed E-state index contributed by atoms with van der Waals surface area (Å²) >= 11 is 0. The number of nitrogens with one attached hydrogen (secondary N) is 1. The van der Waals surface area contributed by atoms with Gasteiger partial charge in [0.25, 0.3) is 0 Å². The fraction of sp³-hybridized carbons (Fsp3) is 0.294. The summed E-state index contributed by atoms with van der Waals surface area (Å²) in [6.07, 6.45) is 1.80. The molecule has 0 saturated heterocycles. The molecule has 0 unspecified atom stereocenters. The van der Waals surface area contributed by atoms with Gasteiger partial charge in [0.15, 0.2) is 0 Å². The van der Waals surface area contributed by atoms with E-state index in [2.05, 4.69) is 25.9 Å². The third-order valence-corrected chi connectivity index (χ3v) is 3.93. The topological polar surface area (TPSA) is 66.2 Å². The van der Waals surface area contributed by atoms with Crippen LogP contribution in [-0.2, 0) is 13.6 Å². The fourth-order valence-electron chi connectivity index (χ4n) is 2.52. The van der Waals surface area contributed by atoms with Gasteiger partial charge in [-0.2, -0.15) is 0 Å². The molecule has 23 heavy (non-hydrogen) atoms. The molecule has 6 nitrogen and oxygen atoms in total. The van der Waals surface area contributed by atoms with E-state index in [4.69, 9.17) is 5.11 Å². The number of aliphatic hydroxyl groups excluding tert-OH is 1. The molecule has 0 fully saturated rings. The Balaban J connectivity index is 1.69. The lowest BCUT2D eigenvalue weighted by Gasteiger charge is -2.17. The van der Waals surface area contributed by atoms with Crippen molar-refractivity contribution in [2.75, 3.05) is 30.4 Å². The Morgan fingerprint density at radius 3 is 2.74 bits per heavy atom. The van der Waals surface area contributed by atoms with Gasteiger partial charge in [0, 0.05) is 20.6 Å². The summed E-state index contributed by atoms with van der Waals surface area (Å²) in [6.45, 7) is 1.33. The molecule has 0 aliphatic heterocycles. The third kappa shape index (κ3) is 3.27. The molecule has 120 valence electrons. The summed E-state index contributed by atoms with van der Waals surface area (Å²) in [6, 6.07) is 12.0. The Morgan fingerprint density at radius 1 is 1.22 bits per heavy atom. The van der Waals surface area contributed by atoms with Gasteiger partial charge in [-0.1, -0.05) is 12.1 Å². The number of anilines is 2. The first kappa shape index (κ1) is 15.3. The Labute approximate surface area is 135 Å². The molecule has 0 atom stereocenters. The zero-order valence-corrected chi connectivity index (χ0v) is 13.4. The zero-order valence-electron chi connectivity index (χ0n) is 13.4. The molecule has 1 aromatic carbocycles. The van der Waals surface area contributed by atoms with Crippen LogP contribution in [0.15, 0.2) is 42.6 Å². The molecule has 6 heteroatoms. The molecule has 0 radical (unpaired) electrons. The highest BCUT2D eigenvalue weighted by Gasteiger charge is 2.07. The maximum absolute atomic E-state index is 8.97. The van der Waals surface area contributed by atoms with Crippen LogP contribution < -0.4 is 10.2 Å². The third-order valence-electron chi connectivity index (χ3n) is 3.93. The summed E-state index contributed by atoms with van der Waals surface area (Å²) in [5.41, 5.74) is 3.10. The number of aromatic nitrogens is 3. The second-order valence-corrected chi connectivity index (χ2v) is 5.48. The van der Waals surface area contributed by atoms with Gasteiger partial charge in [-0.25, -0.2) is 9.97 Å². The van der Waals surface area contributed by atoms with Crippen molar-refractivity contribution in [3.8, 4) is 0 Å². The van der Waals surface area contributed by atoms with Crippen LogP contribution in [0.3, 0.4) is 0 Å². The number of imidazole rings is 1. The predicted octanol–water partition coefficient (Wildman–Crippen LogP) is 2.01. The molecule has 0 aliphatic carbocycles. The van der Waals surface area contributed by atoms with Crippen molar-refractivity contribution in [3.05, 3.63) is 48.4 Å². The minimum Gasteiger partial charge on any atom is -0.395 e. The lowest BCUT2D eigenvalue weighted by molar-refractivity contribution is 0.304. The molecule has 3 rings (SSSR count). The molecular weight excluding hydrogens is 290 g/mol. The maximum atomic E-state index is 8.97. The average Bonchev–Trinajstić information content (AvgIpc) is 2.90. The average molecular weight is 311 g/mol. The minimum atomic E-state index is 0.128. The van der Waals surface area contributed by atoms with Crippen LogP contribution in [0.2, 0.25) is 0 Å². The van der Waals surface area contributed by atoms with E-state index in [9.17, 15) is 0 Å². The van der Waals surface area contributed by atoms with Crippen LogP contribution in [-0.4, -0.2) is 39.8 Å². The highest BCUT2D eigenvalue weighted by atomic mass is 16.3.